The van der Waals surface area contributed by atoms with Gasteiger partial charge in [-0.15, -0.1) is 11.8 Å². The van der Waals surface area contributed by atoms with Crippen LogP contribution in [0.1, 0.15) is 24.2 Å². The number of thioether (sulfide) groups is 1. The van der Waals surface area contributed by atoms with Gasteiger partial charge in [-0.05, 0) is 42.9 Å². The molecule has 0 bridgehead atoms. The number of amides is 2. The number of anilines is 1. The normalized spacial score (nSPS) is 12.6. The molecule has 2 aromatic carbocycles. The van der Waals surface area contributed by atoms with Crippen molar-refractivity contribution < 1.29 is 14.6 Å². The summed E-state index contributed by atoms with van der Waals surface area (Å²) in [5, 5.41) is 14.5. The molecule has 1 heterocycles. The molecule has 7 nitrogen and oxygen atoms in total. The van der Waals surface area contributed by atoms with E-state index in [-0.39, 0.29) is 18.6 Å². The van der Waals surface area contributed by atoms with Crippen LogP contribution in [0, 0.1) is 0 Å². The van der Waals surface area contributed by atoms with Gasteiger partial charge in [0.05, 0.1) is 19.8 Å². The van der Waals surface area contributed by atoms with Crippen molar-refractivity contribution in [3.05, 3.63) is 78.1 Å². The van der Waals surface area contributed by atoms with Crippen molar-refractivity contribution in [1.29, 1.82) is 0 Å². The Labute approximate surface area is 192 Å². The summed E-state index contributed by atoms with van der Waals surface area (Å²) < 4.78 is 5.19. The van der Waals surface area contributed by atoms with Crippen LogP contribution in [0.3, 0.4) is 0 Å². The van der Waals surface area contributed by atoms with Gasteiger partial charge in [0.25, 0.3) is 0 Å². The number of carbonyl (C=O) groups is 1. The maximum Gasteiger partial charge on any atom is 0.323 e. The van der Waals surface area contributed by atoms with Crippen LogP contribution in [-0.2, 0) is 6.42 Å². The molecule has 3 rings (SSSR count). The third kappa shape index (κ3) is 6.45. The third-order valence-electron chi connectivity index (χ3n) is 5.12. The van der Waals surface area contributed by atoms with Crippen molar-refractivity contribution in [3.8, 4) is 5.75 Å². The predicted molar refractivity (Wildman–Crippen MR) is 127 cm³/mol. The number of urea groups is 1. The fraction of sp³-hybridized carbons (Fsp3) is 0.292. The zero-order valence-corrected chi connectivity index (χ0v) is 19.2. The SMILES string of the molecule is COc1ccc(C(O)CN(C(=O)Nc2cc(SC)ncn2)C(C)Cc2ccccc2)cc1. The molecule has 0 aliphatic rings. The number of methoxy groups -OCH3 is 1. The van der Waals surface area contributed by atoms with Gasteiger partial charge in [0.1, 0.15) is 22.9 Å². The van der Waals surface area contributed by atoms with E-state index in [1.807, 2.05) is 43.5 Å². The van der Waals surface area contributed by atoms with E-state index >= 15 is 0 Å². The summed E-state index contributed by atoms with van der Waals surface area (Å²) in [5.74, 6) is 1.13. The Hall–Kier alpha value is -3.10. The lowest BCUT2D eigenvalue weighted by Gasteiger charge is -2.31. The monoisotopic (exact) mass is 452 g/mol. The van der Waals surface area contributed by atoms with E-state index in [1.165, 1.54) is 18.1 Å². The standard InChI is InChI=1S/C24H28N4O3S/c1-17(13-18-7-5-4-6-8-18)28(15-21(29)19-9-11-20(31-2)12-10-19)24(30)27-22-14-23(32-3)26-16-25-22/h4-12,14,16-17,21,29H,13,15H2,1-3H3,(H,25,26,27,30). The van der Waals surface area contributed by atoms with Crippen molar-refractivity contribution >= 4 is 23.6 Å². The van der Waals surface area contributed by atoms with Gasteiger partial charge in [0.2, 0.25) is 0 Å². The van der Waals surface area contributed by atoms with Gasteiger partial charge in [-0.1, -0.05) is 42.5 Å². The van der Waals surface area contributed by atoms with Crippen LogP contribution in [0.2, 0.25) is 0 Å². The van der Waals surface area contributed by atoms with Gasteiger partial charge >= 0.3 is 6.03 Å². The second kappa shape index (κ2) is 11.5. The number of benzene rings is 2. The van der Waals surface area contributed by atoms with E-state index in [0.29, 0.717) is 23.6 Å². The summed E-state index contributed by atoms with van der Waals surface area (Å²) in [6, 6.07) is 18.4. The maximum atomic E-state index is 13.2. The number of carbonyl (C=O) groups excluding carboxylic acids is 1. The molecule has 0 aliphatic carbocycles. The molecule has 2 unspecified atom stereocenters. The smallest absolute Gasteiger partial charge is 0.323 e. The van der Waals surface area contributed by atoms with Crippen molar-refractivity contribution in [1.82, 2.24) is 14.9 Å². The summed E-state index contributed by atoms with van der Waals surface area (Å²) in [7, 11) is 1.60. The number of hydrogen-bond donors (Lipinski definition) is 2. The first kappa shape index (κ1) is 23.6. The number of aromatic nitrogens is 2. The second-order valence-corrected chi connectivity index (χ2v) is 8.18. The van der Waals surface area contributed by atoms with E-state index in [9.17, 15) is 9.90 Å². The van der Waals surface area contributed by atoms with E-state index in [0.717, 1.165) is 10.6 Å². The lowest BCUT2D eigenvalue weighted by molar-refractivity contribution is 0.110. The molecule has 0 saturated carbocycles. The highest BCUT2D eigenvalue weighted by atomic mass is 32.2. The number of aliphatic hydroxyl groups excluding tert-OH is 1. The number of rotatable bonds is 9. The molecule has 0 aliphatic heterocycles. The summed E-state index contributed by atoms with van der Waals surface area (Å²) in [4.78, 5) is 23.2. The lowest BCUT2D eigenvalue weighted by atomic mass is 10.0. The summed E-state index contributed by atoms with van der Waals surface area (Å²) in [6.45, 7) is 2.10. The average molecular weight is 453 g/mol. The first-order valence-corrected chi connectivity index (χ1v) is 11.5. The molecule has 2 atom stereocenters. The Morgan fingerprint density at radius 3 is 2.53 bits per heavy atom. The van der Waals surface area contributed by atoms with Crippen molar-refractivity contribution in [2.75, 3.05) is 25.2 Å². The Morgan fingerprint density at radius 1 is 1.16 bits per heavy atom. The summed E-state index contributed by atoms with van der Waals surface area (Å²) in [6.07, 6.45) is 3.14. The highest BCUT2D eigenvalue weighted by molar-refractivity contribution is 7.98. The fourth-order valence-corrected chi connectivity index (χ4v) is 3.73. The molecule has 32 heavy (non-hydrogen) atoms. The second-order valence-electron chi connectivity index (χ2n) is 7.36. The van der Waals surface area contributed by atoms with Crippen LogP contribution in [-0.4, -0.2) is 52.0 Å². The van der Waals surface area contributed by atoms with E-state index < -0.39 is 6.10 Å². The van der Waals surface area contributed by atoms with Crippen LogP contribution in [0.15, 0.2) is 72.0 Å². The largest absolute Gasteiger partial charge is 0.497 e. The maximum absolute atomic E-state index is 13.2. The molecule has 3 aromatic rings. The van der Waals surface area contributed by atoms with Crippen LogP contribution < -0.4 is 10.1 Å². The van der Waals surface area contributed by atoms with Gasteiger partial charge in [-0.2, -0.15) is 0 Å². The minimum Gasteiger partial charge on any atom is -0.497 e. The quantitative estimate of drug-likeness (QED) is 0.369. The number of nitrogens with zero attached hydrogens (tertiary/aromatic N) is 3. The Kier molecular flexibility index (Phi) is 8.47. The van der Waals surface area contributed by atoms with Gasteiger partial charge in [-0.3, -0.25) is 5.32 Å². The van der Waals surface area contributed by atoms with Gasteiger partial charge in [0.15, 0.2) is 0 Å². The van der Waals surface area contributed by atoms with Crippen molar-refractivity contribution in [2.45, 2.75) is 30.5 Å². The van der Waals surface area contributed by atoms with Gasteiger partial charge in [-0.25, -0.2) is 14.8 Å². The Balaban J connectivity index is 1.79. The van der Waals surface area contributed by atoms with E-state index in [1.54, 1.807) is 42.3 Å². The molecular formula is C24H28N4O3S. The molecule has 8 heteroatoms. The first-order chi connectivity index (χ1) is 15.5. The predicted octanol–water partition coefficient (Wildman–Crippen LogP) is 4.41. The molecule has 2 N–H and O–H groups in total. The highest BCUT2D eigenvalue weighted by Crippen LogP contribution is 2.21. The molecule has 0 radical (unpaired) electrons. The number of aliphatic hydroxyl groups is 1. The van der Waals surface area contributed by atoms with Gasteiger partial charge in [0, 0.05) is 12.1 Å². The van der Waals surface area contributed by atoms with Gasteiger partial charge < -0.3 is 14.7 Å². The Bertz CT molecular complexity index is 1000. The number of nitrogens with one attached hydrogen (secondary N) is 1. The van der Waals surface area contributed by atoms with Crippen molar-refractivity contribution in [3.63, 3.8) is 0 Å². The minimum atomic E-state index is -0.850. The highest BCUT2D eigenvalue weighted by Gasteiger charge is 2.24. The van der Waals surface area contributed by atoms with Crippen LogP contribution in [0.25, 0.3) is 0 Å². The van der Waals surface area contributed by atoms with Crippen molar-refractivity contribution in [2.24, 2.45) is 0 Å². The van der Waals surface area contributed by atoms with E-state index in [4.69, 9.17) is 4.74 Å². The zero-order valence-electron chi connectivity index (χ0n) is 18.4. The molecule has 0 saturated heterocycles. The molecule has 0 spiro atoms. The van der Waals surface area contributed by atoms with E-state index in [2.05, 4.69) is 15.3 Å². The molecule has 168 valence electrons. The fourth-order valence-electron chi connectivity index (χ4n) is 3.35. The summed E-state index contributed by atoms with van der Waals surface area (Å²) in [5.41, 5.74) is 1.82. The van der Waals surface area contributed by atoms with Crippen LogP contribution in [0.4, 0.5) is 10.6 Å². The zero-order chi connectivity index (χ0) is 22.9. The topological polar surface area (TPSA) is 87.6 Å². The molecule has 2 amide bonds. The van der Waals surface area contributed by atoms with Crippen LogP contribution in [0.5, 0.6) is 5.75 Å². The Morgan fingerprint density at radius 2 is 1.88 bits per heavy atom. The average Bonchev–Trinajstić information content (AvgIpc) is 2.83. The molecular weight excluding hydrogens is 424 g/mol. The minimum absolute atomic E-state index is 0.132. The third-order valence-corrected chi connectivity index (χ3v) is 5.76. The number of ether oxygens (including phenoxy) is 1. The number of hydrogen-bond acceptors (Lipinski definition) is 6. The lowest BCUT2D eigenvalue weighted by Crippen LogP contribution is -2.45. The first-order valence-electron chi connectivity index (χ1n) is 10.3. The summed E-state index contributed by atoms with van der Waals surface area (Å²) >= 11 is 1.47. The molecule has 1 aromatic heterocycles. The molecule has 0 fully saturated rings. The van der Waals surface area contributed by atoms with Crippen LogP contribution >= 0.6 is 11.8 Å².